The van der Waals surface area contributed by atoms with E-state index in [0.29, 0.717) is 0 Å². The fourth-order valence-corrected chi connectivity index (χ4v) is 3.87. The summed E-state index contributed by atoms with van der Waals surface area (Å²) in [6, 6.07) is 8.33. The zero-order valence-corrected chi connectivity index (χ0v) is 13.1. The Hall–Kier alpha value is -1.61. The van der Waals surface area contributed by atoms with Crippen molar-refractivity contribution >= 4 is 50.8 Å². The minimum Gasteiger partial charge on any atom is -0.172 e. The van der Waals surface area contributed by atoms with E-state index in [9.17, 15) is 0 Å². The van der Waals surface area contributed by atoms with Crippen LogP contribution in [-0.2, 0) is 0 Å². The van der Waals surface area contributed by atoms with Crippen LogP contribution in [0.5, 0.6) is 0 Å². The Balaban J connectivity index is 2.22. The molecule has 0 aliphatic heterocycles. The van der Waals surface area contributed by atoms with Crippen LogP contribution in [0.2, 0.25) is 0 Å². The summed E-state index contributed by atoms with van der Waals surface area (Å²) in [6.07, 6.45) is 7.43. The van der Waals surface area contributed by atoms with E-state index in [4.69, 9.17) is 6.42 Å². The molecule has 0 spiro atoms. The number of hydrogen-bond donors (Lipinski definition) is 0. The van der Waals surface area contributed by atoms with E-state index in [-0.39, 0.29) is 0 Å². The molecule has 0 saturated heterocycles. The van der Waals surface area contributed by atoms with Gasteiger partial charge in [0.1, 0.15) is 11.0 Å². The molecule has 0 aliphatic carbocycles. The summed E-state index contributed by atoms with van der Waals surface area (Å²) in [5.41, 5.74) is 4.07. The summed E-state index contributed by atoms with van der Waals surface area (Å²) in [5.74, 6) is 0. The highest BCUT2D eigenvalue weighted by atomic mass is 32.2. The molecule has 0 bridgehead atoms. The Labute approximate surface area is 129 Å². The summed E-state index contributed by atoms with van der Waals surface area (Å²) < 4.78 is 8.91. The Morgan fingerprint density at radius 3 is 2.85 bits per heavy atom. The quantitative estimate of drug-likeness (QED) is 0.629. The zero-order valence-electron chi connectivity index (χ0n) is 10.7. The van der Waals surface area contributed by atoms with Gasteiger partial charge in [-0.15, -0.1) is 17.8 Å². The van der Waals surface area contributed by atoms with Crippen LogP contribution in [0.4, 0.5) is 0 Å². The maximum atomic E-state index is 5.41. The maximum absolute atomic E-state index is 5.41. The van der Waals surface area contributed by atoms with Crippen molar-refractivity contribution in [2.24, 2.45) is 0 Å². The number of aromatic nitrogens is 2. The molecule has 20 heavy (non-hydrogen) atoms. The molecule has 5 heteroatoms. The molecule has 1 aromatic carbocycles. The summed E-state index contributed by atoms with van der Waals surface area (Å²) >= 11 is 4.33. The van der Waals surface area contributed by atoms with E-state index in [1.165, 1.54) is 28.4 Å². The molecule has 3 rings (SSSR count). The number of thioether (sulfide) groups is 1. The van der Waals surface area contributed by atoms with Crippen LogP contribution in [-0.4, -0.2) is 8.75 Å². The van der Waals surface area contributed by atoms with Gasteiger partial charge in [0.25, 0.3) is 0 Å². The molecular weight excluding hydrogens is 304 g/mol. The second kappa shape index (κ2) is 5.80. The van der Waals surface area contributed by atoms with Gasteiger partial charge in [0.15, 0.2) is 0 Å². The monoisotopic (exact) mass is 314 g/mol. The molecule has 0 saturated carbocycles. The van der Waals surface area contributed by atoms with E-state index in [0.717, 1.165) is 27.1 Å². The van der Waals surface area contributed by atoms with Gasteiger partial charge in [-0.25, -0.2) is 0 Å². The van der Waals surface area contributed by atoms with E-state index in [1.54, 1.807) is 11.3 Å². The minimum absolute atomic E-state index is 0.928. The number of thiophene rings is 1. The Morgan fingerprint density at radius 2 is 2.15 bits per heavy atom. The van der Waals surface area contributed by atoms with Gasteiger partial charge in [0.2, 0.25) is 0 Å². The summed E-state index contributed by atoms with van der Waals surface area (Å²) in [5, 5.41) is 4.69. The van der Waals surface area contributed by atoms with E-state index >= 15 is 0 Å². The average Bonchev–Trinajstić information content (AvgIpc) is 3.14. The highest BCUT2D eigenvalue weighted by molar-refractivity contribution is 8.12. The van der Waals surface area contributed by atoms with Gasteiger partial charge in [0, 0.05) is 20.9 Å². The lowest BCUT2D eigenvalue weighted by atomic mass is 10.1. The molecule has 2 nitrogen and oxygen atoms in total. The lowest BCUT2D eigenvalue weighted by Crippen LogP contribution is -1.85. The molecular formula is C15H10N2S3. The number of nitrogens with zero attached hydrogens (tertiary/aromatic N) is 2. The first-order chi connectivity index (χ1) is 9.85. The Kier molecular flexibility index (Phi) is 3.88. The van der Waals surface area contributed by atoms with Gasteiger partial charge in [-0.05, 0) is 35.4 Å². The van der Waals surface area contributed by atoms with Crippen molar-refractivity contribution in [3.05, 3.63) is 41.3 Å². The fraction of sp³-hybridized carbons (Fsp3) is 0.0667. The summed E-state index contributed by atoms with van der Waals surface area (Å²) in [7, 11) is 0. The van der Waals surface area contributed by atoms with E-state index in [1.807, 2.05) is 19.1 Å². The number of benzene rings is 1. The predicted octanol–water partition coefficient (Wildman–Crippen LogP) is 5.10. The first-order valence-corrected chi connectivity index (χ1v) is 8.36. The van der Waals surface area contributed by atoms with Crippen LogP contribution in [0.25, 0.3) is 26.4 Å². The third-order valence-corrected chi connectivity index (χ3v) is 5.12. The normalized spacial score (nSPS) is 11.7. The first kappa shape index (κ1) is 13.4. The highest BCUT2D eigenvalue weighted by Gasteiger charge is 2.14. The molecule has 3 aromatic rings. The Morgan fingerprint density at radius 1 is 1.30 bits per heavy atom. The smallest absolute Gasteiger partial charge is 0.114 e. The molecule has 0 radical (unpaired) electrons. The third-order valence-electron chi connectivity index (χ3n) is 2.90. The van der Waals surface area contributed by atoms with Gasteiger partial charge in [-0.2, -0.15) is 8.75 Å². The van der Waals surface area contributed by atoms with Crippen molar-refractivity contribution < 1.29 is 0 Å². The number of terminal acetylenes is 1. The van der Waals surface area contributed by atoms with Crippen LogP contribution in [0, 0.1) is 11.7 Å². The molecule has 0 aliphatic rings. The SMILES string of the molecule is C#CS/C(=C\C)c1ccc(-c2cccs2)c2nsnc12. The summed E-state index contributed by atoms with van der Waals surface area (Å²) in [4.78, 5) is 2.25. The molecule has 0 amide bonds. The molecule has 2 aromatic heterocycles. The molecule has 98 valence electrons. The fourth-order valence-electron chi connectivity index (χ4n) is 2.03. The van der Waals surface area contributed by atoms with Crippen molar-refractivity contribution in [3.8, 4) is 22.1 Å². The van der Waals surface area contributed by atoms with Crippen LogP contribution in [0.3, 0.4) is 0 Å². The lowest BCUT2D eigenvalue weighted by Gasteiger charge is -2.06. The summed E-state index contributed by atoms with van der Waals surface area (Å²) in [6.45, 7) is 1.98. The molecule has 0 unspecified atom stereocenters. The van der Waals surface area contributed by atoms with Crippen LogP contribution < -0.4 is 0 Å². The van der Waals surface area contributed by atoms with Gasteiger partial charge >= 0.3 is 0 Å². The van der Waals surface area contributed by atoms with Crippen molar-refractivity contribution in [1.82, 2.24) is 8.75 Å². The average molecular weight is 314 g/mol. The minimum atomic E-state index is 0.928. The van der Waals surface area contributed by atoms with Crippen LogP contribution in [0.1, 0.15) is 12.5 Å². The number of hydrogen-bond acceptors (Lipinski definition) is 5. The lowest BCUT2D eigenvalue weighted by molar-refractivity contribution is 1.60. The first-order valence-electron chi connectivity index (χ1n) is 5.93. The van der Waals surface area contributed by atoms with Crippen LogP contribution >= 0.6 is 34.8 Å². The molecule has 2 heterocycles. The van der Waals surface area contributed by atoms with Gasteiger partial charge in [-0.3, -0.25) is 0 Å². The van der Waals surface area contributed by atoms with E-state index < -0.39 is 0 Å². The van der Waals surface area contributed by atoms with Crippen molar-refractivity contribution in [2.45, 2.75) is 6.92 Å². The van der Waals surface area contributed by atoms with Gasteiger partial charge in [-0.1, -0.05) is 24.3 Å². The third kappa shape index (κ3) is 2.27. The largest absolute Gasteiger partial charge is 0.172 e. The topological polar surface area (TPSA) is 25.8 Å². The second-order valence-corrected chi connectivity index (χ2v) is 6.33. The van der Waals surface area contributed by atoms with Crippen LogP contribution in [0.15, 0.2) is 35.7 Å². The van der Waals surface area contributed by atoms with Crippen molar-refractivity contribution in [1.29, 1.82) is 0 Å². The number of rotatable bonds is 3. The Bertz CT molecular complexity index is 807. The number of fused-ring (bicyclic) bond motifs is 1. The number of allylic oxidation sites excluding steroid dienone is 1. The van der Waals surface area contributed by atoms with Gasteiger partial charge in [0.05, 0.1) is 11.7 Å². The standard InChI is InChI=1S/C15H10N2S3/c1-3-12(18-4-2)10-7-8-11(13-6-5-9-19-13)15-14(10)16-20-17-15/h2-3,5-9H,1H3/b12-3-. The van der Waals surface area contributed by atoms with E-state index in [2.05, 4.69) is 37.6 Å². The zero-order chi connectivity index (χ0) is 13.9. The maximum Gasteiger partial charge on any atom is 0.114 e. The molecule has 0 atom stereocenters. The van der Waals surface area contributed by atoms with Crippen molar-refractivity contribution in [2.75, 3.05) is 0 Å². The molecule has 0 N–H and O–H groups in total. The second-order valence-electron chi connectivity index (χ2n) is 3.97. The molecule has 0 fully saturated rings. The van der Waals surface area contributed by atoms with Gasteiger partial charge < -0.3 is 0 Å². The highest BCUT2D eigenvalue weighted by Crippen LogP contribution is 2.37. The van der Waals surface area contributed by atoms with Crippen molar-refractivity contribution in [3.63, 3.8) is 0 Å². The predicted molar refractivity (Wildman–Crippen MR) is 90.8 cm³/mol.